The van der Waals surface area contributed by atoms with E-state index in [-0.39, 0.29) is 6.61 Å². The largest absolute Gasteiger partial charge is 0.497 e. The van der Waals surface area contributed by atoms with Gasteiger partial charge in [-0.1, -0.05) is 5.21 Å². The lowest BCUT2D eigenvalue weighted by molar-refractivity contribution is 0.276. The van der Waals surface area contributed by atoms with Crippen LogP contribution < -0.4 is 9.47 Å². The van der Waals surface area contributed by atoms with Gasteiger partial charge in [0, 0.05) is 0 Å². The highest BCUT2D eigenvalue weighted by atomic mass is 16.5. The number of nitrogens with zero attached hydrogens (tertiary/aromatic N) is 3. The second-order valence-electron chi connectivity index (χ2n) is 3.66. The number of benzene rings is 1. The van der Waals surface area contributed by atoms with Gasteiger partial charge in [0.05, 0.1) is 26.5 Å². The first-order chi connectivity index (χ1) is 8.81. The predicted molar refractivity (Wildman–Crippen MR) is 64.4 cm³/mol. The van der Waals surface area contributed by atoms with Crippen LogP contribution in [0.4, 0.5) is 0 Å². The molecule has 0 aliphatic carbocycles. The van der Waals surface area contributed by atoms with Gasteiger partial charge in [0.25, 0.3) is 0 Å². The summed E-state index contributed by atoms with van der Waals surface area (Å²) in [6.07, 6.45) is 1.69. The van der Waals surface area contributed by atoms with Crippen molar-refractivity contribution in [1.29, 1.82) is 0 Å². The van der Waals surface area contributed by atoms with Gasteiger partial charge in [0.15, 0.2) is 0 Å². The third kappa shape index (κ3) is 3.21. The van der Waals surface area contributed by atoms with Crippen LogP contribution in [0.25, 0.3) is 0 Å². The second kappa shape index (κ2) is 6.02. The number of aliphatic hydroxyl groups excluding tert-OH is 1. The van der Waals surface area contributed by atoms with Crippen molar-refractivity contribution in [3.8, 4) is 11.5 Å². The first-order valence-corrected chi connectivity index (χ1v) is 5.58. The zero-order valence-corrected chi connectivity index (χ0v) is 10.1. The predicted octanol–water partition coefficient (Wildman–Crippen LogP) is 0.858. The van der Waals surface area contributed by atoms with Gasteiger partial charge in [-0.2, -0.15) is 0 Å². The van der Waals surface area contributed by atoms with Gasteiger partial charge in [-0.25, -0.2) is 4.68 Å². The number of hydrogen-bond acceptors (Lipinski definition) is 5. The molecule has 2 rings (SSSR count). The number of hydrogen-bond donors (Lipinski definition) is 1. The molecule has 0 aliphatic rings. The minimum atomic E-state index is -0.0979. The Labute approximate surface area is 105 Å². The Morgan fingerprint density at radius 2 is 1.94 bits per heavy atom. The van der Waals surface area contributed by atoms with Crippen LogP contribution >= 0.6 is 0 Å². The van der Waals surface area contributed by atoms with E-state index in [1.807, 2.05) is 24.3 Å². The topological polar surface area (TPSA) is 69.4 Å². The molecule has 0 saturated heterocycles. The summed E-state index contributed by atoms with van der Waals surface area (Å²) < 4.78 is 12.2. The number of methoxy groups -OCH3 is 1. The summed E-state index contributed by atoms with van der Waals surface area (Å²) in [4.78, 5) is 0. The summed E-state index contributed by atoms with van der Waals surface area (Å²) >= 11 is 0. The number of aromatic nitrogens is 3. The highest BCUT2D eigenvalue weighted by Gasteiger charge is 1.99. The van der Waals surface area contributed by atoms with Crippen molar-refractivity contribution < 1.29 is 14.6 Å². The fourth-order valence-corrected chi connectivity index (χ4v) is 1.45. The van der Waals surface area contributed by atoms with E-state index in [1.54, 1.807) is 18.0 Å². The average Bonchev–Trinajstić information content (AvgIpc) is 2.87. The maximum Gasteiger partial charge on any atom is 0.119 e. The van der Waals surface area contributed by atoms with Gasteiger partial charge in [-0.15, -0.1) is 5.10 Å². The number of aliphatic hydroxyl groups is 1. The summed E-state index contributed by atoms with van der Waals surface area (Å²) in [5.41, 5.74) is 0.555. The van der Waals surface area contributed by atoms with Crippen LogP contribution in [0, 0.1) is 0 Å². The van der Waals surface area contributed by atoms with Crippen LogP contribution in [0.2, 0.25) is 0 Å². The molecule has 0 unspecified atom stereocenters. The summed E-state index contributed by atoms with van der Waals surface area (Å²) in [6.45, 7) is 0.971. The zero-order valence-electron chi connectivity index (χ0n) is 10.1. The monoisotopic (exact) mass is 249 g/mol. The van der Waals surface area contributed by atoms with Crippen LogP contribution in [-0.4, -0.2) is 33.8 Å². The van der Waals surface area contributed by atoms with Crippen LogP contribution in [0.1, 0.15) is 5.69 Å². The molecule has 0 spiro atoms. The van der Waals surface area contributed by atoms with Crippen LogP contribution in [0.5, 0.6) is 11.5 Å². The van der Waals surface area contributed by atoms with Crippen molar-refractivity contribution in [1.82, 2.24) is 15.0 Å². The fraction of sp³-hybridized carbons (Fsp3) is 0.333. The lowest BCUT2D eigenvalue weighted by Gasteiger charge is -2.06. The second-order valence-corrected chi connectivity index (χ2v) is 3.66. The van der Waals surface area contributed by atoms with Gasteiger partial charge in [0.1, 0.15) is 23.8 Å². The molecule has 0 amide bonds. The molecule has 2 aromatic rings. The van der Waals surface area contributed by atoms with Gasteiger partial charge >= 0.3 is 0 Å². The van der Waals surface area contributed by atoms with Gasteiger partial charge in [-0.05, 0) is 24.3 Å². The van der Waals surface area contributed by atoms with Crippen molar-refractivity contribution in [3.63, 3.8) is 0 Å². The third-order valence-electron chi connectivity index (χ3n) is 2.40. The SMILES string of the molecule is COc1ccc(OCCn2cc(CO)nn2)cc1. The number of rotatable bonds is 6. The molecule has 0 radical (unpaired) electrons. The molecule has 1 N–H and O–H groups in total. The van der Waals surface area contributed by atoms with E-state index in [1.165, 1.54) is 0 Å². The summed E-state index contributed by atoms with van der Waals surface area (Å²) in [5.74, 6) is 1.57. The Morgan fingerprint density at radius 3 is 2.56 bits per heavy atom. The van der Waals surface area contributed by atoms with Gasteiger partial charge in [0.2, 0.25) is 0 Å². The van der Waals surface area contributed by atoms with E-state index in [4.69, 9.17) is 14.6 Å². The maximum atomic E-state index is 8.84. The van der Waals surface area contributed by atoms with E-state index in [0.717, 1.165) is 11.5 Å². The summed E-state index contributed by atoms with van der Waals surface area (Å²) in [7, 11) is 1.62. The highest BCUT2D eigenvalue weighted by molar-refractivity contribution is 5.31. The van der Waals surface area contributed by atoms with E-state index < -0.39 is 0 Å². The fourth-order valence-electron chi connectivity index (χ4n) is 1.45. The Kier molecular flexibility index (Phi) is 4.14. The zero-order chi connectivity index (χ0) is 12.8. The molecule has 1 aromatic carbocycles. The molecular weight excluding hydrogens is 234 g/mol. The smallest absolute Gasteiger partial charge is 0.119 e. The van der Waals surface area contributed by atoms with E-state index >= 15 is 0 Å². The molecule has 0 bridgehead atoms. The van der Waals surface area contributed by atoms with Crippen LogP contribution in [0.3, 0.4) is 0 Å². The first kappa shape index (κ1) is 12.4. The van der Waals surface area contributed by atoms with Crippen LogP contribution in [-0.2, 0) is 13.2 Å². The average molecular weight is 249 g/mol. The molecule has 6 heteroatoms. The molecule has 0 saturated carbocycles. The number of ether oxygens (including phenoxy) is 2. The molecule has 0 aliphatic heterocycles. The molecule has 18 heavy (non-hydrogen) atoms. The van der Waals surface area contributed by atoms with Gasteiger partial charge < -0.3 is 14.6 Å². The van der Waals surface area contributed by atoms with Crippen molar-refractivity contribution in [2.45, 2.75) is 13.2 Å². The quantitative estimate of drug-likeness (QED) is 0.822. The Bertz CT molecular complexity index is 482. The molecule has 1 aromatic heterocycles. The molecule has 96 valence electrons. The molecule has 6 nitrogen and oxygen atoms in total. The van der Waals surface area contributed by atoms with Crippen LogP contribution in [0.15, 0.2) is 30.5 Å². The van der Waals surface area contributed by atoms with Crippen molar-refractivity contribution in [2.24, 2.45) is 0 Å². The van der Waals surface area contributed by atoms with E-state index in [0.29, 0.717) is 18.8 Å². The minimum absolute atomic E-state index is 0.0979. The minimum Gasteiger partial charge on any atom is -0.497 e. The molecule has 1 heterocycles. The maximum absolute atomic E-state index is 8.84. The van der Waals surface area contributed by atoms with Crippen molar-refractivity contribution in [2.75, 3.05) is 13.7 Å². The Hall–Kier alpha value is -2.08. The van der Waals surface area contributed by atoms with Crippen molar-refractivity contribution in [3.05, 3.63) is 36.2 Å². The molecule has 0 atom stereocenters. The Balaban J connectivity index is 1.80. The molecular formula is C12H15N3O3. The lowest BCUT2D eigenvalue weighted by atomic mass is 10.3. The van der Waals surface area contributed by atoms with E-state index in [2.05, 4.69) is 10.3 Å². The Morgan fingerprint density at radius 1 is 1.22 bits per heavy atom. The molecule has 0 fully saturated rings. The van der Waals surface area contributed by atoms with Crippen molar-refractivity contribution >= 4 is 0 Å². The summed E-state index contributed by atoms with van der Waals surface area (Å²) in [5, 5.41) is 16.5. The normalized spacial score (nSPS) is 10.3. The third-order valence-corrected chi connectivity index (χ3v) is 2.40. The van der Waals surface area contributed by atoms with Gasteiger partial charge in [-0.3, -0.25) is 0 Å². The standard InChI is InChI=1S/C12H15N3O3/c1-17-11-2-4-12(5-3-11)18-7-6-15-8-10(9-16)13-14-15/h2-5,8,16H,6-7,9H2,1H3. The lowest BCUT2D eigenvalue weighted by Crippen LogP contribution is -2.08. The summed E-state index contributed by atoms with van der Waals surface area (Å²) in [6, 6.07) is 7.38. The van der Waals surface area contributed by atoms with E-state index in [9.17, 15) is 0 Å². The highest BCUT2D eigenvalue weighted by Crippen LogP contribution is 2.16. The first-order valence-electron chi connectivity index (χ1n) is 5.58.